The first-order valence-electron chi connectivity index (χ1n) is 4.39. The van der Waals surface area contributed by atoms with Gasteiger partial charge in [0.15, 0.2) is 0 Å². The molecule has 0 saturated heterocycles. The van der Waals surface area contributed by atoms with E-state index in [0.717, 1.165) is 25.7 Å². The molecular formula is C10H16O2. The fourth-order valence-electron chi connectivity index (χ4n) is 1.66. The molecule has 0 aliphatic heterocycles. The number of methoxy groups -OCH3 is 1. The van der Waals surface area contributed by atoms with Crippen LogP contribution in [0.2, 0.25) is 0 Å². The van der Waals surface area contributed by atoms with E-state index in [0.29, 0.717) is 6.10 Å². The SMILES string of the molecule is CC#CC1(O)CCC(OC)CC1. The molecule has 12 heavy (non-hydrogen) atoms. The Hall–Kier alpha value is -0.520. The van der Waals surface area contributed by atoms with Gasteiger partial charge in [-0.2, -0.15) is 0 Å². The largest absolute Gasteiger partial charge is 0.381 e. The fraction of sp³-hybridized carbons (Fsp3) is 0.800. The molecule has 2 nitrogen and oxygen atoms in total. The van der Waals surface area contributed by atoms with Crippen molar-refractivity contribution in [2.45, 2.75) is 44.3 Å². The first-order valence-corrected chi connectivity index (χ1v) is 4.39. The Morgan fingerprint density at radius 1 is 1.42 bits per heavy atom. The third kappa shape index (κ3) is 2.23. The maximum Gasteiger partial charge on any atom is 0.125 e. The quantitative estimate of drug-likeness (QED) is 0.598. The van der Waals surface area contributed by atoms with E-state index in [9.17, 15) is 5.11 Å². The minimum absolute atomic E-state index is 0.323. The monoisotopic (exact) mass is 168 g/mol. The van der Waals surface area contributed by atoms with Gasteiger partial charge in [0.05, 0.1) is 6.10 Å². The van der Waals surface area contributed by atoms with Crippen LogP contribution in [0.3, 0.4) is 0 Å². The summed E-state index contributed by atoms with van der Waals surface area (Å²) < 4.78 is 5.20. The summed E-state index contributed by atoms with van der Waals surface area (Å²) in [4.78, 5) is 0. The van der Waals surface area contributed by atoms with Crippen molar-refractivity contribution in [2.75, 3.05) is 7.11 Å². The van der Waals surface area contributed by atoms with Crippen molar-refractivity contribution in [1.82, 2.24) is 0 Å². The topological polar surface area (TPSA) is 29.5 Å². The molecule has 0 spiro atoms. The standard InChI is InChI=1S/C10H16O2/c1-3-6-10(11)7-4-9(12-2)5-8-10/h9,11H,4-5,7-8H2,1-2H3. The lowest BCUT2D eigenvalue weighted by molar-refractivity contribution is -0.00828. The van der Waals surface area contributed by atoms with Crippen molar-refractivity contribution >= 4 is 0 Å². The lowest BCUT2D eigenvalue weighted by Gasteiger charge is -2.31. The molecule has 1 saturated carbocycles. The Morgan fingerprint density at radius 3 is 2.42 bits per heavy atom. The minimum Gasteiger partial charge on any atom is -0.381 e. The number of rotatable bonds is 1. The summed E-state index contributed by atoms with van der Waals surface area (Å²) in [5.41, 5.74) is -0.732. The molecule has 1 N–H and O–H groups in total. The Labute approximate surface area is 73.9 Å². The van der Waals surface area contributed by atoms with Crippen LogP contribution in [0.4, 0.5) is 0 Å². The van der Waals surface area contributed by atoms with Crippen LogP contribution in [0.5, 0.6) is 0 Å². The van der Waals surface area contributed by atoms with Crippen LogP contribution in [0.25, 0.3) is 0 Å². The Morgan fingerprint density at radius 2 is 2.00 bits per heavy atom. The van der Waals surface area contributed by atoms with Gasteiger partial charge in [-0.3, -0.25) is 0 Å². The smallest absolute Gasteiger partial charge is 0.125 e. The molecule has 1 fully saturated rings. The highest BCUT2D eigenvalue weighted by Gasteiger charge is 2.31. The van der Waals surface area contributed by atoms with Crippen molar-refractivity contribution < 1.29 is 9.84 Å². The van der Waals surface area contributed by atoms with Crippen molar-refractivity contribution in [3.05, 3.63) is 0 Å². The normalized spacial score (nSPS) is 35.4. The Bertz CT molecular complexity index is 192. The van der Waals surface area contributed by atoms with Crippen molar-refractivity contribution in [3.8, 4) is 11.8 Å². The lowest BCUT2D eigenvalue weighted by Crippen LogP contribution is -2.34. The molecule has 1 aliphatic rings. The van der Waals surface area contributed by atoms with Gasteiger partial charge < -0.3 is 9.84 Å². The summed E-state index contributed by atoms with van der Waals surface area (Å²) in [6.07, 6.45) is 3.64. The number of ether oxygens (including phenoxy) is 1. The van der Waals surface area contributed by atoms with E-state index in [1.807, 2.05) is 0 Å². The summed E-state index contributed by atoms with van der Waals surface area (Å²) in [7, 11) is 1.72. The summed E-state index contributed by atoms with van der Waals surface area (Å²) in [5, 5.41) is 9.86. The highest BCUT2D eigenvalue weighted by atomic mass is 16.5. The molecule has 0 aromatic heterocycles. The van der Waals surface area contributed by atoms with E-state index in [1.54, 1.807) is 14.0 Å². The minimum atomic E-state index is -0.732. The van der Waals surface area contributed by atoms with Gasteiger partial charge in [0, 0.05) is 7.11 Å². The van der Waals surface area contributed by atoms with Crippen molar-refractivity contribution in [2.24, 2.45) is 0 Å². The van der Waals surface area contributed by atoms with Gasteiger partial charge in [-0.25, -0.2) is 0 Å². The average molecular weight is 168 g/mol. The predicted octanol–water partition coefficient (Wildman–Crippen LogP) is 1.33. The number of hydrogen-bond donors (Lipinski definition) is 1. The average Bonchev–Trinajstić information content (AvgIpc) is 2.06. The molecular weight excluding hydrogens is 152 g/mol. The van der Waals surface area contributed by atoms with Crippen LogP contribution in [-0.4, -0.2) is 23.9 Å². The third-order valence-corrected chi connectivity index (χ3v) is 2.45. The zero-order valence-corrected chi connectivity index (χ0v) is 7.76. The van der Waals surface area contributed by atoms with Gasteiger partial charge in [-0.15, -0.1) is 5.92 Å². The molecule has 0 aromatic rings. The molecule has 0 amide bonds. The van der Waals surface area contributed by atoms with E-state index in [1.165, 1.54) is 0 Å². The second kappa shape index (κ2) is 3.93. The number of aliphatic hydroxyl groups is 1. The van der Waals surface area contributed by atoms with Crippen LogP contribution >= 0.6 is 0 Å². The lowest BCUT2D eigenvalue weighted by atomic mass is 9.84. The molecule has 2 heteroatoms. The van der Waals surface area contributed by atoms with Crippen LogP contribution in [0.1, 0.15) is 32.6 Å². The van der Waals surface area contributed by atoms with Gasteiger partial charge >= 0.3 is 0 Å². The highest BCUT2D eigenvalue weighted by molar-refractivity contribution is 5.13. The Kier molecular flexibility index (Phi) is 3.13. The Balaban J connectivity index is 2.47. The van der Waals surface area contributed by atoms with Gasteiger partial charge in [0.2, 0.25) is 0 Å². The summed E-state index contributed by atoms with van der Waals surface area (Å²) in [6.45, 7) is 1.76. The van der Waals surface area contributed by atoms with Crippen molar-refractivity contribution in [3.63, 3.8) is 0 Å². The third-order valence-electron chi connectivity index (χ3n) is 2.45. The maximum absolute atomic E-state index is 9.86. The predicted molar refractivity (Wildman–Crippen MR) is 47.7 cm³/mol. The van der Waals surface area contributed by atoms with Gasteiger partial charge in [0.25, 0.3) is 0 Å². The second-order valence-corrected chi connectivity index (χ2v) is 3.34. The molecule has 0 heterocycles. The van der Waals surface area contributed by atoms with E-state index in [-0.39, 0.29) is 0 Å². The highest BCUT2D eigenvalue weighted by Crippen LogP contribution is 2.28. The first-order chi connectivity index (χ1) is 5.70. The molecule has 0 aromatic carbocycles. The van der Waals surface area contributed by atoms with E-state index in [4.69, 9.17) is 4.74 Å². The maximum atomic E-state index is 9.86. The van der Waals surface area contributed by atoms with Crippen LogP contribution in [-0.2, 0) is 4.74 Å². The first kappa shape index (κ1) is 9.57. The fourth-order valence-corrected chi connectivity index (χ4v) is 1.66. The van der Waals surface area contributed by atoms with Gasteiger partial charge in [-0.05, 0) is 32.6 Å². The summed E-state index contributed by atoms with van der Waals surface area (Å²) >= 11 is 0. The van der Waals surface area contributed by atoms with E-state index < -0.39 is 5.60 Å². The van der Waals surface area contributed by atoms with Gasteiger partial charge in [-0.1, -0.05) is 5.92 Å². The van der Waals surface area contributed by atoms with Crippen LogP contribution in [0.15, 0.2) is 0 Å². The van der Waals surface area contributed by atoms with Crippen LogP contribution < -0.4 is 0 Å². The van der Waals surface area contributed by atoms with Crippen molar-refractivity contribution in [1.29, 1.82) is 0 Å². The summed E-state index contributed by atoms with van der Waals surface area (Å²) in [5.74, 6) is 5.63. The summed E-state index contributed by atoms with van der Waals surface area (Å²) in [6, 6.07) is 0. The molecule has 0 bridgehead atoms. The zero-order chi connectivity index (χ0) is 9.03. The molecule has 0 radical (unpaired) electrons. The van der Waals surface area contributed by atoms with E-state index in [2.05, 4.69) is 11.8 Å². The van der Waals surface area contributed by atoms with E-state index >= 15 is 0 Å². The second-order valence-electron chi connectivity index (χ2n) is 3.34. The molecule has 0 atom stereocenters. The molecule has 1 rings (SSSR count). The molecule has 0 unspecified atom stereocenters. The van der Waals surface area contributed by atoms with Crippen LogP contribution in [0, 0.1) is 11.8 Å². The molecule has 68 valence electrons. The molecule has 1 aliphatic carbocycles. The number of hydrogen-bond acceptors (Lipinski definition) is 2. The zero-order valence-electron chi connectivity index (χ0n) is 7.76. The van der Waals surface area contributed by atoms with Gasteiger partial charge in [0.1, 0.15) is 5.60 Å².